The lowest BCUT2D eigenvalue weighted by atomic mass is 10.2. The Morgan fingerprint density at radius 3 is 2.58 bits per heavy atom. The molecule has 0 bridgehead atoms. The molecule has 0 saturated carbocycles. The Balaban J connectivity index is 2.13. The van der Waals surface area contributed by atoms with Gasteiger partial charge in [0.1, 0.15) is 0 Å². The summed E-state index contributed by atoms with van der Waals surface area (Å²) in [5, 5.41) is 0. The maximum absolute atomic E-state index is 5.90. The zero-order valence-electron chi connectivity index (χ0n) is 12.6. The third kappa shape index (κ3) is 3.91. The van der Waals surface area contributed by atoms with E-state index in [0.29, 0.717) is 5.67 Å². The van der Waals surface area contributed by atoms with Crippen LogP contribution in [0.25, 0.3) is 0 Å². The molecule has 0 amide bonds. The Morgan fingerprint density at radius 2 is 1.89 bits per heavy atom. The van der Waals surface area contributed by atoms with Crippen LogP contribution < -0.4 is 0 Å². The SMILES string of the molecule is CO[Si](C)(C)C1CCCCCN1Cc1ccccc1. The molecule has 19 heavy (non-hydrogen) atoms. The van der Waals surface area contributed by atoms with Crippen LogP contribution in [-0.4, -0.2) is 32.5 Å². The second-order valence-electron chi connectivity index (χ2n) is 6.13. The van der Waals surface area contributed by atoms with Crippen molar-refractivity contribution in [2.75, 3.05) is 13.7 Å². The molecule has 0 aliphatic carbocycles. The van der Waals surface area contributed by atoms with Crippen LogP contribution in [0.4, 0.5) is 0 Å². The fourth-order valence-electron chi connectivity index (χ4n) is 3.10. The van der Waals surface area contributed by atoms with Crippen molar-refractivity contribution < 1.29 is 4.43 Å². The third-order valence-corrected chi connectivity index (χ3v) is 7.73. The van der Waals surface area contributed by atoms with Crippen LogP contribution >= 0.6 is 0 Å². The van der Waals surface area contributed by atoms with Crippen LogP contribution in [0.15, 0.2) is 30.3 Å². The van der Waals surface area contributed by atoms with Gasteiger partial charge in [-0.2, -0.15) is 0 Å². The minimum atomic E-state index is -1.60. The first-order valence-corrected chi connectivity index (χ1v) is 10.4. The van der Waals surface area contributed by atoms with Crippen molar-refractivity contribution in [2.45, 2.75) is 51.0 Å². The van der Waals surface area contributed by atoms with E-state index in [1.165, 1.54) is 37.8 Å². The molecule has 3 heteroatoms. The van der Waals surface area contributed by atoms with Crippen molar-refractivity contribution in [3.63, 3.8) is 0 Å². The van der Waals surface area contributed by atoms with E-state index in [0.717, 1.165) is 6.54 Å². The second kappa shape index (κ2) is 6.68. The quantitative estimate of drug-likeness (QED) is 0.776. The second-order valence-corrected chi connectivity index (χ2v) is 10.4. The molecule has 1 saturated heterocycles. The average Bonchev–Trinajstić information content (AvgIpc) is 2.66. The summed E-state index contributed by atoms with van der Waals surface area (Å²) in [6, 6.07) is 10.9. The number of benzene rings is 1. The molecule has 0 aromatic heterocycles. The van der Waals surface area contributed by atoms with Crippen molar-refractivity contribution in [1.29, 1.82) is 0 Å². The number of nitrogens with zero attached hydrogens (tertiary/aromatic N) is 1. The topological polar surface area (TPSA) is 12.5 Å². The zero-order chi connectivity index (χ0) is 13.7. The van der Waals surface area contributed by atoms with Gasteiger partial charge in [-0.25, -0.2) is 0 Å². The maximum Gasteiger partial charge on any atom is 0.202 e. The Labute approximate surface area is 118 Å². The molecule has 0 spiro atoms. The molecule has 1 atom stereocenters. The fraction of sp³-hybridized carbons (Fsp3) is 0.625. The number of hydrogen-bond acceptors (Lipinski definition) is 2. The lowest BCUT2D eigenvalue weighted by Crippen LogP contribution is -2.53. The van der Waals surface area contributed by atoms with E-state index >= 15 is 0 Å². The van der Waals surface area contributed by atoms with Gasteiger partial charge < -0.3 is 4.43 Å². The van der Waals surface area contributed by atoms with Gasteiger partial charge in [-0.3, -0.25) is 4.90 Å². The van der Waals surface area contributed by atoms with Crippen LogP contribution in [0.2, 0.25) is 13.1 Å². The van der Waals surface area contributed by atoms with E-state index in [4.69, 9.17) is 4.43 Å². The Hall–Kier alpha value is -0.643. The fourth-order valence-corrected chi connectivity index (χ4v) is 5.37. The van der Waals surface area contributed by atoms with Crippen LogP contribution in [0.1, 0.15) is 31.2 Å². The highest BCUT2D eigenvalue weighted by atomic mass is 28.4. The predicted molar refractivity (Wildman–Crippen MR) is 83.6 cm³/mol. The first-order valence-electron chi connectivity index (χ1n) is 7.46. The Bertz CT molecular complexity index is 380. The van der Waals surface area contributed by atoms with Crippen molar-refractivity contribution >= 4 is 8.32 Å². The highest BCUT2D eigenvalue weighted by Gasteiger charge is 2.37. The summed E-state index contributed by atoms with van der Waals surface area (Å²) in [6.45, 7) is 7.02. The molecule has 1 fully saturated rings. The lowest BCUT2D eigenvalue weighted by Gasteiger charge is -2.38. The molecule has 1 aliphatic heterocycles. The molecule has 0 N–H and O–H groups in total. The summed E-state index contributed by atoms with van der Waals surface area (Å²) < 4.78 is 5.90. The largest absolute Gasteiger partial charge is 0.419 e. The predicted octanol–water partition coefficient (Wildman–Crippen LogP) is 3.82. The molecule has 1 heterocycles. The molecule has 1 unspecified atom stereocenters. The van der Waals surface area contributed by atoms with Gasteiger partial charge in [0.2, 0.25) is 8.32 Å². The lowest BCUT2D eigenvalue weighted by molar-refractivity contribution is 0.215. The summed E-state index contributed by atoms with van der Waals surface area (Å²) in [7, 11) is 0.301. The maximum atomic E-state index is 5.90. The number of likely N-dealkylation sites (tertiary alicyclic amines) is 1. The summed E-state index contributed by atoms with van der Waals surface area (Å²) in [5.74, 6) is 0. The van der Waals surface area contributed by atoms with Gasteiger partial charge >= 0.3 is 0 Å². The first kappa shape index (κ1) is 14.8. The molecular formula is C16H27NOSi. The smallest absolute Gasteiger partial charge is 0.202 e. The Kier molecular flexibility index (Phi) is 5.19. The summed E-state index contributed by atoms with van der Waals surface area (Å²) >= 11 is 0. The molecule has 1 aliphatic rings. The molecule has 1 aromatic carbocycles. The van der Waals surface area contributed by atoms with Crippen molar-refractivity contribution in [1.82, 2.24) is 4.90 Å². The van der Waals surface area contributed by atoms with E-state index in [1.807, 2.05) is 7.11 Å². The van der Waals surface area contributed by atoms with E-state index in [1.54, 1.807) is 0 Å². The molecule has 2 rings (SSSR count). The average molecular weight is 277 g/mol. The van der Waals surface area contributed by atoms with Crippen LogP contribution in [0.5, 0.6) is 0 Å². The molecule has 0 radical (unpaired) electrons. The normalized spacial score (nSPS) is 22.2. The van der Waals surface area contributed by atoms with Gasteiger partial charge in [0, 0.05) is 19.3 Å². The van der Waals surface area contributed by atoms with Crippen molar-refractivity contribution in [3.05, 3.63) is 35.9 Å². The van der Waals surface area contributed by atoms with E-state index in [-0.39, 0.29) is 0 Å². The van der Waals surface area contributed by atoms with Gasteiger partial charge in [0.05, 0.1) is 0 Å². The van der Waals surface area contributed by atoms with Gasteiger partial charge in [-0.05, 0) is 38.0 Å². The Morgan fingerprint density at radius 1 is 1.16 bits per heavy atom. The molecule has 1 aromatic rings. The van der Waals surface area contributed by atoms with Gasteiger partial charge in [0.15, 0.2) is 0 Å². The van der Waals surface area contributed by atoms with E-state index in [9.17, 15) is 0 Å². The van der Waals surface area contributed by atoms with Gasteiger partial charge in [0.25, 0.3) is 0 Å². The third-order valence-electron chi connectivity index (χ3n) is 4.42. The minimum absolute atomic E-state index is 0.653. The molecule has 2 nitrogen and oxygen atoms in total. The summed E-state index contributed by atoms with van der Waals surface area (Å²) in [5.41, 5.74) is 2.08. The minimum Gasteiger partial charge on any atom is -0.419 e. The van der Waals surface area contributed by atoms with Crippen LogP contribution in [0.3, 0.4) is 0 Å². The van der Waals surface area contributed by atoms with E-state index < -0.39 is 8.32 Å². The monoisotopic (exact) mass is 277 g/mol. The zero-order valence-corrected chi connectivity index (χ0v) is 13.6. The first-order chi connectivity index (χ1) is 9.13. The van der Waals surface area contributed by atoms with Gasteiger partial charge in [-0.15, -0.1) is 0 Å². The summed E-state index contributed by atoms with van der Waals surface area (Å²) in [4.78, 5) is 2.68. The number of hydrogen-bond donors (Lipinski definition) is 0. The van der Waals surface area contributed by atoms with Crippen LogP contribution in [0, 0.1) is 0 Å². The van der Waals surface area contributed by atoms with Crippen molar-refractivity contribution in [3.8, 4) is 0 Å². The number of rotatable bonds is 4. The molecule has 106 valence electrons. The highest BCUT2D eigenvalue weighted by molar-refractivity contribution is 6.72. The highest BCUT2D eigenvalue weighted by Crippen LogP contribution is 2.26. The van der Waals surface area contributed by atoms with Gasteiger partial charge in [-0.1, -0.05) is 43.2 Å². The van der Waals surface area contributed by atoms with Crippen molar-refractivity contribution in [2.24, 2.45) is 0 Å². The van der Waals surface area contributed by atoms with Crippen LogP contribution in [-0.2, 0) is 11.0 Å². The van der Waals surface area contributed by atoms with E-state index in [2.05, 4.69) is 48.3 Å². The summed E-state index contributed by atoms with van der Waals surface area (Å²) in [6.07, 6.45) is 5.36. The molecular weight excluding hydrogens is 250 g/mol. The standard InChI is InChI=1S/C16H27NOSi/c1-18-19(2,3)16-12-8-5-9-13-17(16)14-15-10-6-4-7-11-15/h4,6-7,10-11,16H,5,8-9,12-14H2,1-3H3.